The van der Waals surface area contributed by atoms with Gasteiger partial charge < -0.3 is 5.21 Å². The van der Waals surface area contributed by atoms with Crippen LogP contribution in [0.2, 0.25) is 0 Å². The molecule has 4 nitrogen and oxygen atoms in total. The van der Waals surface area contributed by atoms with Gasteiger partial charge in [0.15, 0.2) is 5.65 Å². The lowest BCUT2D eigenvalue weighted by Gasteiger charge is -1.89. The van der Waals surface area contributed by atoms with E-state index in [-0.39, 0.29) is 0 Å². The highest BCUT2D eigenvalue weighted by atomic mass is 16.5. The first-order chi connectivity index (χ1) is 4.88. The van der Waals surface area contributed by atoms with Crippen molar-refractivity contribution in [3.8, 4) is 0 Å². The van der Waals surface area contributed by atoms with Crippen LogP contribution in [-0.2, 0) is 0 Å². The van der Waals surface area contributed by atoms with E-state index < -0.39 is 0 Å². The molecule has 0 aliphatic rings. The van der Waals surface area contributed by atoms with Crippen LogP contribution in [0.3, 0.4) is 0 Å². The lowest BCUT2D eigenvalue weighted by Crippen LogP contribution is -1.88. The van der Waals surface area contributed by atoms with E-state index in [1.807, 2.05) is 0 Å². The molecule has 50 valence electrons. The van der Waals surface area contributed by atoms with Crippen LogP contribution in [0.25, 0.3) is 11.0 Å². The molecule has 2 heterocycles. The Kier molecular flexibility index (Phi) is 0.887. The normalized spacial score (nSPS) is 10.4. The first-order valence-electron chi connectivity index (χ1n) is 2.84. The van der Waals surface area contributed by atoms with E-state index in [4.69, 9.17) is 5.21 Å². The van der Waals surface area contributed by atoms with Crippen molar-refractivity contribution < 1.29 is 5.21 Å². The Morgan fingerprint density at radius 1 is 1.50 bits per heavy atom. The molecule has 4 heteroatoms. The molecule has 0 amide bonds. The Balaban J connectivity index is 2.93. The molecule has 0 spiro atoms. The average Bonchev–Trinajstić information content (AvgIpc) is 2.34. The minimum atomic E-state index is 0.537. The van der Waals surface area contributed by atoms with Crippen molar-refractivity contribution in [2.75, 3.05) is 0 Å². The van der Waals surface area contributed by atoms with Crippen LogP contribution < -0.4 is 0 Å². The van der Waals surface area contributed by atoms with Gasteiger partial charge in [-0.1, -0.05) is 0 Å². The summed E-state index contributed by atoms with van der Waals surface area (Å²) in [7, 11) is 0. The van der Waals surface area contributed by atoms with Gasteiger partial charge in [-0.3, -0.25) is 0 Å². The largest absolute Gasteiger partial charge is 0.427 e. The van der Waals surface area contributed by atoms with Gasteiger partial charge >= 0.3 is 0 Å². The maximum Gasteiger partial charge on any atom is 0.178 e. The summed E-state index contributed by atoms with van der Waals surface area (Å²) in [6.07, 6.45) is 4.57. The highest BCUT2D eigenvalue weighted by Crippen LogP contribution is 2.07. The third kappa shape index (κ3) is 0.556. The van der Waals surface area contributed by atoms with Gasteiger partial charge in [0.05, 0.1) is 0 Å². The summed E-state index contributed by atoms with van der Waals surface area (Å²) in [6.45, 7) is 0. The van der Waals surface area contributed by atoms with Crippen LogP contribution in [0, 0.1) is 0 Å². The Hall–Kier alpha value is -1.58. The summed E-state index contributed by atoms with van der Waals surface area (Å²) < 4.78 is 0.969. The van der Waals surface area contributed by atoms with E-state index in [2.05, 4.69) is 9.97 Å². The Morgan fingerprint density at radius 3 is 3.20 bits per heavy atom. The number of hydrogen-bond donors (Lipinski definition) is 1. The lowest BCUT2D eigenvalue weighted by molar-refractivity contribution is 0.198. The summed E-state index contributed by atoms with van der Waals surface area (Å²) in [5.74, 6) is 0. The van der Waals surface area contributed by atoms with Crippen LogP contribution in [0.4, 0.5) is 0 Å². The zero-order chi connectivity index (χ0) is 6.97. The number of fused-ring (bicyclic) bond motifs is 1. The zero-order valence-corrected chi connectivity index (χ0v) is 5.10. The van der Waals surface area contributed by atoms with E-state index in [1.165, 1.54) is 12.5 Å². The lowest BCUT2D eigenvalue weighted by atomic mass is 10.4. The fourth-order valence-corrected chi connectivity index (χ4v) is 0.864. The molecule has 2 aromatic heterocycles. The topological polar surface area (TPSA) is 50.9 Å². The predicted molar refractivity (Wildman–Crippen MR) is 34.7 cm³/mol. The molecule has 2 aromatic rings. The Bertz CT molecular complexity index is 355. The maximum atomic E-state index is 9.04. The summed E-state index contributed by atoms with van der Waals surface area (Å²) in [5.41, 5.74) is 0.537. The molecular weight excluding hydrogens is 130 g/mol. The van der Waals surface area contributed by atoms with Gasteiger partial charge in [0.25, 0.3) is 0 Å². The second kappa shape index (κ2) is 1.70. The Morgan fingerprint density at radius 2 is 2.40 bits per heavy atom. The molecule has 0 aliphatic carbocycles. The molecule has 0 aliphatic heterocycles. The third-order valence-corrected chi connectivity index (χ3v) is 1.33. The summed E-state index contributed by atoms with van der Waals surface area (Å²) in [6, 6.07) is 1.75. The van der Waals surface area contributed by atoms with Gasteiger partial charge in [0.2, 0.25) is 0 Å². The van der Waals surface area contributed by atoms with Gasteiger partial charge in [-0.25, -0.2) is 9.97 Å². The molecule has 0 saturated heterocycles. The fraction of sp³-hybridized carbons (Fsp3) is 0. The van der Waals surface area contributed by atoms with Gasteiger partial charge in [-0.15, -0.1) is 0 Å². The molecule has 0 fully saturated rings. The molecule has 2 rings (SSSR count). The molecular formula is C6H5N3O. The third-order valence-electron chi connectivity index (χ3n) is 1.33. The smallest absolute Gasteiger partial charge is 0.178 e. The van der Waals surface area contributed by atoms with E-state index in [9.17, 15) is 0 Å². The minimum absolute atomic E-state index is 0.537. The van der Waals surface area contributed by atoms with Crippen molar-refractivity contribution in [1.29, 1.82) is 0 Å². The first-order valence-corrected chi connectivity index (χ1v) is 2.84. The molecule has 10 heavy (non-hydrogen) atoms. The molecule has 0 saturated carbocycles. The number of hydrogen-bond acceptors (Lipinski definition) is 3. The fourth-order valence-electron chi connectivity index (χ4n) is 0.864. The van der Waals surface area contributed by atoms with Crippen molar-refractivity contribution in [3.63, 3.8) is 0 Å². The molecule has 0 bridgehead atoms. The van der Waals surface area contributed by atoms with Crippen molar-refractivity contribution in [2.45, 2.75) is 0 Å². The minimum Gasteiger partial charge on any atom is -0.427 e. The van der Waals surface area contributed by atoms with Crippen LogP contribution >= 0.6 is 0 Å². The van der Waals surface area contributed by atoms with E-state index in [0.717, 1.165) is 10.1 Å². The second-order valence-corrected chi connectivity index (χ2v) is 1.96. The van der Waals surface area contributed by atoms with Crippen molar-refractivity contribution in [1.82, 2.24) is 14.7 Å². The number of nitrogens with zero attached hydrogens (tertiary/aromatic N) is 3. The summed E-state index contributed by atoms with van der Waals surface area (Å²) in [5, 5.41) is 9.88. The van der Waals surface area contributed by atoms with Crippen molar-refractivity contribution in [2.24, 2.45) is 0 Å². The standard InChI is InChI=1S/C6H5N3O/c10-9-2-1-5-3-7-4-8-6(5)9/h1-4,10H. The van der Waals surface area contributed by atoms with Gasteiger partial charge in [-0.05, 0) is 6.07 Å². The van der Waals surface area contributed by atoms with Crippen molar-refractivity contribution in [3.05, 3.63) is 24.8 Å². The average molecular weight is 135 g/mol. The SMILES string of the molecule is On1ccc2cncnc21. The molecule has 0 radical (unpaired) electrons. The monoisotopic (exact) mass is 135 g/mol. The summed E-state index contributed by atoms with van der Waals surface area (Å²) >= 11 is 0. The van der Waals surface area contributed by atoms with E-state index >= 15 is 0 Å². The summed E-state index contributed by atoms with van der Waals surface area (Å²) in [4.78, 5) is 7.63. The predicted octanol–water partition coefficient (Wildman–Crippen LogP) is 0.669. The van der Waals surface area contributed by atoms with Crippen LogP contribution in [0.1, 0.15) is 0 Å². The molecule has 0 aromatic carbocycles. The van der Waals surface area contributed by atoms with Gasteiger partial charge in [0.1, 0.15) is 6.33 Å². The van der Waals surface area contributed by atoms with Gasteiger partial charge in [0, 0.05) is 17.8 Å². The second-order valence-electron chi connectivity index (χ2n) is 1.96. The zero-order valence-electron chi connectivity index (χ0n) is 5.10. The van der Waals surface area contributed by atoms with E-state index in [0.29, 0.717) is 5.65 Å². The quantitative estimate of drug-likeness (QED) is 0.540. The van der Waals surface area contributed by atoms with Crippen LogP contribution in [-0.4, -0.2) is 19.9 Å². The molecule has 0 unspecified atom stereocenters. The highest BCUT2D eigenvalue weighted by Gasteiger charge is 1.97. The highest BCUT2D eigenvalue weighted by molar-refractivity contribution is 5.74. The maximum absolute atomic E-state index is 9.04. The first kappa shape index (κ1) is 5.22. The van der Waals surface area contributed by atoms with Crippen LogP contribution in [0.15, 0.2) is 24.8 Å². The van der Waals surface area contributed by atoms with Crippen molar-refractivity contribution >= 4 is 11.0 Å². The van der Waals surface area contributed by atoms with Crippen LogP contribution in [0.5, 0.6) is 0 Å². The van der Waals surface area contributed by atoms with Gasteiger partial charge in [-0.2, -0.15) is 4.73 Å². The number of rotatable bonds is 0. The van der Waals surface area contributed by atoms with E-state index in [1.54, 1.807) is 12.3 Å². The molecule has 1 N–H and O–H groups in total. The Labute approximate surface area is 56.7 Å². The molecule has 0 atom stereocenters. The number of aromatic nitrogens is 3.